The molecule has 0 spiro atoms. The van der Waals surface area contributed by atoms with Crippen LogP contribution in [0.25, 0.3) is 32.8 Å². The Bertz CT molecular complexity index is 1900. The van der Waals surface area contributed by atoms with Crippen LogP contribution in [0.2, 0.25) is 5.02 Å². The average molecular weight is 675 g/mol. The van der Waals surface area contributed by atoms with Gasteiger partial charge in [-0.2, -0.15) is 9.97 Å². The number of anilines is 1. The molecule has 4 atom stereocenters. The number of carbonyl (C=O) groups excluding carboxylic acids is 1. The number of carbonyl (C=O) groups is 1. The van der Waals surface area contributed by atoms with Gasteiger partial charge in [0.05, 0.1) is 10.6 Å². The number of hydrogen-bond acceptors (Lipinski definition) is 9. The van der Waals surface area contributed by atoms with Crippen molar-refractivity contribution in [2.45, 2.75) is 62.2 Å². The third-order valence-corrected chi connectivity index (χ3v) is 11.0. The van der Waals surface area contributed by atoms with E-state index in [0.717, 1.165) is 68.9 Å². The van der Waals surface area contributed by atoms with E-state index in [1.807, 2.05) is 24.3 Å². The van der Waals surface area contributed by atoms with E-state index in [-0.39, 0.29) is 45.5 Å². The Morgan fingerprint density at radius 1 is 1.10 bits per heavy atom. The molecule has 48 heavy (non-hydrogen) atoms. The van der Waals surface area contributed by atoms with Gasteiger partial charge in [-0.25, -0.2) is 9.18 Å². The predicted molar refractivity (Wildman–Crippen MR) is 183 cm³/mol. The summed E-state index contributed by atoms with van der Waals surface area (Å²) in [6, 6.07) is 13.4. The second kappa shape index (κ2) is 12.2. The highest BCUT2D eigenvalue weighted by molar-refractivity contribution is 6.35. The zero-order valence-electron chi connectivity index (χ0n) is 27.2. The fourth-order valence-corrected chi connectivity index (χ4v) is 8.76. The summed E-state index contributed by atoms with van der Waals surface area (Å²) in [5.74, 6) is 0.0565. The molecule has 4 aliphatic rings. The summed E-state index contributed by atoms with van der Waals surface area (Å²) in [6.07, 6.45) is 5.58. The van der Waals surface area contributed by atoms with E-state index in [1.165, 1.54) is 4.90 Å². The molecule has 2 bridgehead atoms. The van der Waals surface area contributed by atoms with Gasteiger partial charge in [-0.1, -0.05) is 35.9 Å². The van der Waals surface area contributed by atoms with Gasteiger partial charge in [-0.05, 0) is 79.6 Å². The topological polar surface area (TPSA) is 103 Å². The van der Waals surface area contributed by atoms with Crippen molar-refractivity contribution in [1.29, 1.82) is 0 Å². The molecule has 3 aromatic carbocycles. The van der Waals surface area contributed by atoms with Crippen LogP contribution in [0.4, 0.5) is 15.0 Å². The Morgan fingerprint density at radius 3 is 2.69 bits per heavy atom. The number of halogens is 2. The molecule has 0 saturated carbocycles. The van der Waals surface area contributed by atoms with E-state index < -0.39 is 5.82 Å². The molecule has 2 unspecified atom stereocenters. The van der Waals surface area contributed by atoms with Crippen molar-refractivity contribution >= 4 is 45.2 Å². The normalized spacial score (nSPS) is 25.2. The highest BCUT2D eigenvalue weighted by Gasteiger charge is 2.50. The number of nitrogens with one attached hydrogen (secondary N) is 1. The first kappa shape index (κ1) is 31.3. The second-order valence-corrected chi connectivity index (χ2v) is 14.4. The molecule has 4 fully saturated rings. The van der Waals surface area contributed by atoms with Crippen LogP contribution in [-0.4, -0.2) is 102 Å². The number of aromatic nitrogens is 2. The molecule has 4 aliphatic heterocycles. The number of amides is 1. The quantitative estimate of drug-likeness (QED) is 0.246. The van der Waals surface area contributed by atoms with Crippen LogP contribution in [0, 0.1) is 5.82 Å². The molecular weight excluding hydrogens is 635 g/mol. The molecule has 0 aliphatic carbocycles. The molecule has 4 aromatic rings. The first-order valence-electron chi connectivity index (χ1n) is 16.9. The molecule has 252 valence electrons. The number of aromatic hydroxyl groups is 1. The van der Waals surface area contributed by atoms with Crippen molar-refractivity contribution in [2.75, 3.05) is 51.8 Å². The SMILES string of the molecule is CN(C)C(=O)OC[C@H]1CC[C@@]2(COc3nc(N4CC5CCC(C4)N5)c4cc(Cl)c(-c5cc(O)cc6ccccc56)c(F)c4n3)CCCN12. The Kier molecular flexibility index (Phi) is 7.96. The van der Waals surface area contributed by atoms with Gasteiger partial charge in [0.2, 0.25) is 0 Å². The highest BCUT2D eigenvalue weighted by Crippen LogP contribution is 2.45. The summed E-state index contributed by atoms with van der Waals surface area (Å²) < 4.78 is 29.0. The minimum Gasteiger partial charge on any atom is -0.508 e. The Morgan fingerprint density at radius 2 is 1.90 bits per heavy atom. The van der Waals surface area contributed by atoms with E-state index in [1.54, 1.807) is 32.3 Å². The minimum absolute atomic E-state index is 0.0228. The lowest BCUT2D eigenvalue weighted by Crippen LogP contribution is -2.51. The fraction of sp³-hybridized carbons (Fsp3) is 0.472. The molecule has 1 aromatic heterocycles. The lowest BCUT2D eigenvalue weighted by molar-refractivity contribution is 0.0484. The van der Waals surface area contributed by atoms with Gasteiger partial charge in [0.1, 0.15) is 30.3 Å². The maximum absolute atomic E-state index is 17.0. The van der Waals surface area contributed by atoms with Crippen LogP contribution in [0.1, 0.15) is 38.5 Å². The number of rotatable bonds is 7. The number of ether oxygens (including phenoxy) is 2. The Hall–Kier alpha value is -3.93. The van der Waals surface area contributed by atoms with Crippen LogP contribution in [0.3, 0.4) is 0 Å². The predicted octanol–water partition coefficient (Wildman–Crippen LogP) is 5.96. The van der Waals surface area contributed by atoms with Crippen molar-refractivity contribution in [3.63, 3.8) is 0 Å². The maximum atomic E-state index is 17.0. The van der Waals surface area contributed by atoms with Crippen molar-refractivity contribution in [2.24, 2.45) is 0 Å². The molecule has 1 amide bonds. The number of benzene rings is 3. The Labute approximate surface area is 283 Å². The highest BCUT2D eigenvalue weighted by atomic mass is 35.5. The van der Waals surface area contributed by atoms with Crippen LogP contribution in [0.5, 0.6) is 11.8 Å². The summed E-state index contributed by atoms with van der Waals surface area (Å²) in [7, 11) is 3.36. The van der Waals surface area contributed by atoms with Crippen molar-refractivity contribution in [3.8, 4) is 22.9 Å². The zero-order chi connectivity index (χ0) is 33.2. The number of fused-ring (bicyclic) bond motifs is 5. The lowest BCUT2D eigenvalue weighted by Gasteiger charge is -2.35. The van der Waals surface area contributed by atoms with Gasteiger partial charge in [-0.3, -0.25) is 4.90 Å². The van der Waals surface area contributed by atoms with E-state index in [2.05, 4.69) is 15.1 Å². The van der Waals surface area contributed by atoms with Crippen LogP contribution >= 0.6 is 11.6 Å². The summed E-state index contributed by atoms with van der Waals surface area (Å²) in [4.78, 5) is 27.9. The lowest BCUT2D eigenvalue weighted by atomic mass is 9.95. The van der Waals surface area contributed by atoms with Gasteiger partial charge in [-0.15, -0.1) is 0 Å². The number of hydrogen-bond donors (Lipinski definition) is 2. The van der Waals surface area contributed by atoms with Crippen LogP contribution in [-0.2, 0) is 4.74 Å². The average Bonchev–Trinajstić information content (AvgIpc) is 3.75. The molecule has 10 nitrogen and oxygen atoms in total. The van der Waals surface area contributed by atoms with Crippen LogP contribution in [0.15, 0.2) is 42.5 Å². The Balaban J connectivity index is 1.17. The molecule has 2 N–H and O–H groups in total. The number of piperazine rings is 1. The maximum Gasteiger partial charge on any atom is 0.409 e. The van der Waals surface area contributed by atoms with E-state index in [4.69, 9.17) is 31.0 Å². The standard InChI is InChI=1S/C36H40ClFN6O4/c1-42(2)35(46)47-19-24-10-12-36(11-5-13-44(24)36)20-48-34-40-32-28(33(41-34)43-17-22-8-9-23(18-43)39-22)16-29(37)30(31(32)38)27-15-25(45)14-21-6-3-4-7-26(21)27/h3-4,6-7,14-16,22-24,39,45H,5,8-13,17-20H2,1-2H3/t22?,23?,24-,36-/m1/s1. The largest absolute Gasteiger partial charge is 0.508 e. The minimum atomic E-state index is -0.579. The fourth-order valence-electron chi connectivity index (χ4n) is 8.47. The van der Waals surface area contributed by atoms with Crippen LogP contribution < -0.4 is 15.0 Å². The third-order valence-electron chi connectivity index (χ3n) is 10.7. The number of phenolic OH excluding ortho intramolecular Hbond substituents is 1. The smallest absolute Gasteiger partial charge is 0.409 e. The zero-order valence-corrected chi connectivity index (χ0v) is 28.0. The monoisotopic (exact) mass is 674 g/mol. The third kappa shape index (κ3) is 5.45. The second-order valence-electron chi connectivity index (χ2n) is 14.0. The summed E-state index contributed by atoms with van der Waals surface area (Å²) in [5.41, 5.74) is 0.573. The summed E-state index contributed by atoms with van der Waals surface area (Å²) in [5, 5.41) is 16.5. The first-order chi connectivity index (χ1) is 23.2. The molecule has 5 heterocycles. The van der Waals surface area contributed by atoms with Gasteiger partial charge in [0, 0.05) is 56.3 Å². The van der Waals surface area contributed by atoms with Gasteiger partial charge in [0.25, 0.3) is 0 Å². The van der Waals surface area contributed by atoms with Crippen molar-refractivity contribution in [3.05, 3.63) is 53.3 Å². The molecular formula is C36H40ClFN6O4. The van der Waals surface area contributed by atoms with Gasteiger partial charge >= 0.3 is 12.1 Å². The number of phenols is 1. The molecule has 12 heteroatoms. The summed E-state index contributed by atoms with van der Waals surface area (Å²) in [6.45, 7) is 3.06. The van der Waals surface area contributed by atoms with E-state index in [0.29, 0.717) is 42.1 Å². The number of nitrogens with zero attached hydrogens (tertiary/aromatic N) is 5. The van der Waals surface area contributed by atoms with E-state index in [9.17, 15) is 9.90 Å². The molecule has 0 radical (unpaired) electrons. The summed E-state index contributed by atoms with van der Waals surface area (Å²) >= 11 is 6.92. The van der Waals surface area contributed by atoms with Gasteiger partial charge < -0.3 is 29.7 Å². The van der Waals surface area contributed by atoms with Gasteiger partial charge in [0.15, 0.2) is 5.82 Å². The first-order valence-corrected chi connectivity index (χ1v) is 17.2. The molecule has 4 saturated heterocycles. The van der Waals surface area contributed by atoms with Crippen molar-refractivity contribution in [1.82, 2.24) is 25.1 Å². The van der Waals surface area contributed by atoms with E-state index >= 15 is 4.39 Å². The molecule has 8 rings (SSSR count). The van der Waals surface area contributed by atoms with Crippen molar-refractivity contribution < 1.29 is 23.8 Å².